The fourth-order valence-corrected chi connectivity index (χ4v) is 3.17. The van der Waals surface area contributed by atoms with Gasteiger partial charge in [-0.3, -0.25) is 14.6 Å². The number of carbonyl (C=O) groups is 2. The van der Waals surface area contributed by atoms with E-state index in [9.17, 15) is 9.59 Å². The molecule has 1 atom stereocenters. The summed E-state index contributed by atoms with van der Waals surface area (Å²) in [5, 5.41) is 9.60. The average Bonchev–Trinajstić information content (AvgIpc) is 3.14. The predicted molar refractivity (Wildman–Crippen MR) is 129 cm³/mol. The highest BCUT2D eigenvalue weighted by atomic mass is 127. The first kappa shape index (κ1) is 25.2. The van der Waals surface area contributed by atoms with Crippen molar-refractivity contribution in [3.05, 3.63) is 29.8 Å². The van der Waals surface area contributed by atoms with Crippen molar-refractivity contribution in [2.24, 2.45) is 10.9 Å². The van der Waals surface area contributed by atoms with Crippen molar-refractivity contribution in [1.82, 2.24) is 15.5 Å². The standard InChI is InChI=1S/C21H33N5O2.HI/c1-5-6-19(27)24-17-9-7-16(8-10-17)13-23-21(22-4)25-18-11-12-26(14-18)20(28)15(2)3;/h7-10,15,18H,5-6,11-14H2,1-4H3,(H,24,27)(H2,22,23,25);1H. The molecule has 0 spiro atoms. The molecule has 1 saturated heterocycles. The highest BCUT2D eigenvalue weighted by molar-refractivity contribution is 14.0. The van der Waals surface area contributed by atoms with Crippen LogP contribution in [0.25, 0.3) is 0 Å². The Morgan fingerprint density at radius 2 is 1.93 bits per heavy atom. The molecule has 0 radical (unpaired) electrons. The van der Waals surface area contributed by atoms with Gasteiger partial charge in [0, 0.05) is 50.7 Å². The quantitative estimate of drug-likeness (QED) is 0.296. The van der Waals surface area contributed by atoms with Crippen LogP contribution in [0, 0.1) is 5.92 Å². The van der Waals surface area contributed by atoms with Gasteiger partial charge in [0.2, 0.25) is 11.8 Å². The summed E-state index contributed by atoms with van der Waals surface area (Å²) in [7, 11) is 1.74. The number of aliphatic imine (C=N–C) groups is 1. The van der Waals surface area contributed by atoms with Crippen molar-refractivity contribution >= 4 is 47.4 Å². The van der Waals surface area contributed by atoms with Crippen molar-refractivity contribution in [2.75, 3.05) is 25.5 Å². The summed E-state index contributed by atoms with van der Waals surface area (Å²) in [4.78, 5) is 30.0. The first-order valence-corrected chi connectivity index (χ1v) is 10.1. The Kier molecular flexibility index (Phi) is 11.0. The summed E-state index contributed by atoms with van der Waals surface area (Å²) in [5.41, 5.74) is 1.91. The van der Waals surface area contributed by atoms with Gasteiger partial charge < -0.3 is 20.9 Å². The van der Waals surface area contributed by atoms with Crippen molar-refractivity contribution in [1.29, 1.82) is 0 Å². The van der Waals surface area contributed by atoms with E-state index in [0.29, 0.717) is 19.5 Å². The minimum absolute atomic E-state index is 0. The third-order valence-corrected chi connectivity index (χ3v) is 4.73. The monoisotopic (exact) mass is 515 g/mol. The maximum absolute atomic E-state index is 12.1. The van der Waals surface area contributed by atoms with Gasteiger partial charge in [0.25, 0.3) is 0 Å². The lowest BCUT2D eigenvalue weighted by Gasteiger charge is -2.20. The van der Waals surface area contributed by atoms with Gasteiger partial charge >= 0.3 is 0 Å². The maximum atomic E-state index is 12.1. The molecule has 0 aromatic heterocycles. The average molecular weight is 515 g/mol. The first-order chi connectivity index (χ1) is 13.4. The zero-order valence-electron chi connectivity index (χ0n) is 17.8. The number of carbonyl (C=O) groups excluding carboxylic acids is 2. The summed E-state index contributed by atoms with van der Waals surface area (Å²) in [6, 6.07) is 8.01. The molecule has 3 N–H and O–H groups in total. The Morgan fingerprint density at radius 1 is 1.24 bits per heavy atom. The number of anilines is 1. The first-order valence-electron chi connectivity index (χ1n) is 10.1. The molecule has 29 heavy (non-hydrogen) atoms. The van der Waals surface area contributed by atoms with Gasteiger partial charge in [0.15, 0.2) is 5.96 Å². The van der Waals surface area contributed by atoms with E-state index in [1.54, 1.807) is 7.05 Å². The van der Waals surface area contributed by atoms with Crippen LogP contribution in [0.1, 0.15) is 45.6 Å². The van der Waals surface area contributed by atoms with Crippen molar-refractivity contribution in [2.45, 2.75) is 52.6 Å². The van der Waals surface area contributed by atoms with Gasteiger partial charge in [-0.2, -0.15) is 0 Å². The summed E-state index contributed by atoms with van der Waals surface area (Å²) in [5.74, 6) is 1.01. The highest BCUT2D eigenvalue weighted by Crippen LogP contribution is 2.13. The molecular weight excluding hydrogens is 481 g/mol. The van der Waals surface area contributed by atoms with Crippen LogP contribution in [0.5, 0.6) is 0 Å². The largest absolute Gasteiger partial charge is 0.352 e. The van der Waals surface area contributed by atoms with Gasteiger partial charge in [-0.15, -0.1) is 24.0 Å². The van der Waals surface area contributed by atoms with Crippen LogP contribution in [0.3, 0.4) is 0 Å². The number of nitrogens with zero attached hydrogens (tertiary/aromatic N) is 2. The van der Waals surface area contributed by atoms with Crippen molar-refractivity contribution < 1.29 is 9.59 Å². The van der Waals surface area contributed by atoms with Crippen molar-refractivity contribution in [3.8, 4) is 0 Å². The predicted octanol–water partition coefficient (Wildman–Crippen LogP) is 2.97. The Labute approximate surface area is 191 Å². The number of amides is 2. The number of rotatable bonds is 7. The molecule has 0 aliphatic carbocycles. The molecule has 2 amide bonds. The van der Waals surface area contributed by atoms with Gasteiger partial charge in [-0.05, 0) is 30.5 Å². The number of nitrogens with one attached hydrogen (secondary N) is 3. The molecule has 0 saturated carbocycles. The molecule has 1 fully saturated rings. The summed E-state index contributed by atoms with van der Waals surface area (Å²) < 4.78 is 0. The van der Waals surface area contributed by atoms with Gasteiger partial charge in [0.1, 0.15) is 0 Å². The van der Waals surface area contributed by atoms with Gasteiger partial charge in [-0.25, -0.2) is 0 Å². The minimum Gasteiger partial charge on any atom is -0.352 e. The molecule has 8 heteroatoms. The van der Waals surface area contributed by atoms with E-state index in [1.165, 1.54) is 0 Å². The molecule has 1 aromatic carbocycles. The molecule has 1 heterocycles. The summed E-state index contributed by atoms with van der Waals surface area (Å²) >= 11 is 0. The van der Waals surface area contributed by atoms with Crippen LogP contribution < -0.4 is 16.0 Å². The second kappa shape index (κ2) is 12.7. The van der Waals surface area contributed by atoms with Gasteiger partial charge in [0.05, 0.1) is 0 Å². The summed E-state index contributed by atoms with van der Waals surface area (Å²) in [6.45, 7) is 7.99. The molecular formula is C21H34IN5O2. The second-order valence-electron chi connectivity index (χ2n) is 7.49. The Hall–Kier alpha value is -1.84. The van der Waals surface area contributed by atoms with Crippen LogP contribution in [0.2, 0.25) is 0 Å². The molecule has 1 aliphatic rings. The fraction of sp³-hybridized carbons (Fsp3) is 0.571. The number of hydrogen-bond donors (Lipinski definition) is 3. The van der Waals surface area contributed by atoms with E-state index in [1.807, 2.05) is 49.9 Å². The number of hydrogen-bond acceptors (Lipinski definition) is 3. The molecule has 2 rings (SSSR count). The lowest BCUT2D eigenvalue weighted by atomic mass is 10.2. The lowest BCUT2D eigenvalue weighted by molar-refractivity contribution is -0.133. The van der Waals surface area contributed by atoms with E-state index >= 15 is 0 Å². The molecule has 1 aliphatic heterocycles. The zero-order chi connectivity index (χ0) is 20.5. The molecule has 1 aromatic rings. The number of halogens is 1. The van der Waals surface area contributed by atoms with E-state index in [0.717, 1.165) is 36.6 Å². The van der Waals surface area contributed by atoms with E-state index < -0.39 is 0 Å². The second-order valence-corrected chi connectivity index (χ2v) is 7.49. The Balaban J connectivity index is 0.00000420. The van der Waals surface area contributed by atoms with E-state index in [4.69, 9.17) is 0 Å². The fourth-order valence-electron chi connectivity index (χ4n) is 3.17. The molecule has 7 nitrogen and oxygen atoms in total. The number of benzene rings is 1. The molecule has 162 valence electrons. The van der Waals surface area contributed by atoms with Crippen LogP contribution in [0.4, 0.5) is 5.69 Å². The SMILES string of the molecule is CCCC(=O)Nc1ccc(CNC(=NC)NC2CCN(C(=O)C(C)C)C2)cc1.I. The van der Waals surface area contributed by atoms with Crippen molar-refractivity contribution in [3.63, 3.8) is 0 Å². The molecule has 1 unspecified atom stereocenters. The topological polar surface area (TPSA) is 85.8 Å². The normalized spacial score (nSPS) is 16.4. The molecule has 0 bridgehead atoms. The lowest BCUT2D eigenvalue weighted by Crippen LogP contribution is -2.45. The Bertz CT molecular complexity index is 691. The minimum atomic E-state index is 0. The maximum Gasteiger partial charge on any atom is 0.225 e. The van der Waals surface area contributed by atoms with Crippen LogP contribution in [-0.4, -0.2) is 48.9 Å². The van der Waals surface area contributed by atoms with Crippen LogP contribution in [0.15, 0.2) is 29.3 Å². The summed E-state index contributed by atoms with van der Waals surface area (Å²) in [6.07, 6.45) is 2.29. The van der Waals surface area contributed by atoms with E-state index in [2.05, 4.69) is 20.9 Å². The highest BCUT2D eigenvalue weighted by Gasteiger charge is 2.27. The number of guanidine groups is 1. The van der Waals surface area contributed by atoms with Crippen LogP contribution in [-0.2, 0) is 16.1 Å². The smallest absolute Gasteiger partial charge is 0.225 e. The van der Waals surface area contributed by atoms with E-state index in [-0.39, 0.29) is 47.8 Å². The third-order valence-electron chi connectivity index (χ3n) is 4.73. The van der Waals surface area contributed by atoms with Gasteiger partial charge in [-0.1, -0.05) is 32.9 Å². The Morgan fingerprint density at radius 3 is 2.52 bits per heavy atom. The number of likely N-dealkylation sites (tertiary alicyclic amines) is 1. The third kappa shape index (κ3) is 8.20. The van der Waals surface area contributed by atoms with Crippen LogP contribution >= 0.6 is 24.0 Å². The zero-order valence-corrected chi connectivity index (χ0v) is 20.2.